The van der Waals surface area contributed by atoms with Crippen LogP contribution in [0.15, 0.2) is 30.7 Å². The lowest BCUT2D eigenvalue weighted by atomic mass is 10.2. The van der Waals surface area contributed by atoms with Crippen molar-refractivity contribution in [1.29, 1.82) is 0 Å². The highest BCUT2D eigenvalue weighted by molar-refractivity contribution is 6.03. The molecule has 0 saturated heterocycles. The van der Waals surface area contributed by atoms with E-state index in [2.05, 4.69) is 25.7 Å². The summed E-state index contributed by atoms with van der Waals surface area (Å²) in [6.07, 6.45) is 4.18. The van der Waals surface area contributed by atoms with E-state index in [0.29, 0.717) is 0 Å². The van der Waals surface area contributed by atoms with Crippen LogP contribution in [0.2, 0.25) is 0 Å². The molecule has 2 aromatic rings. The van der Waals surface area contributed by atoms with Crippen LogP contribution in [-0.2, 0) is 0 Å². The van der Waals surface area contributed by atoms with E-state index >= 15 is 0 Å². The number of nitrogens with one attached hydrogen (secondary N) is 2. The third kappa shape index (κ3) is 2.38. The zero-order valence-corrected chi connectivity index (χ0v) is 9.09. The molecule has 8 heteroatoms. The fourth-order valence-electron chi connectivity index (χ4n) is 1.25. The number of anilines is 2. The predicted molar refractivity (Wildman–Crippen MR) is 62.0 cm³/mol. The molecular weight excluding hydrogens is 239 g/mol. The van der Waals surface area contributed by atoms with Crippen LogP contribution in [0.4, 0.5) is 16.2 Å². The van der Waals surface area contributed by atoms with Crippen LogP contribution < -0.4 is 16.6 Å². The molecule has 18 heavy (non-hydrogen) atoms. The Morgan fingerprint density at radius 2 is 1.94 bits per heavy atom. The van der Waals surface area contributed by atoms with Gasteiger partial charge in [0, 0.05) is 18.6 Å². The molecule has 0 aliphatic rings. The normalized spacial score (nSPS) is 9.89. The second-order valence-electron chi connectivity index (χ2n) is 3.19. The van der Waals surface area contributed by atoms with Crippen molar-refractivity contribution in [2.75, 3.05) is 10.7 Å². The van der Waals surface area contributed by atoms with Gasteiger partial charge in [0.15, 0.2) is 11.6 Å². The highest BCUT2D eigenvalue weighted by atomic mass is 19.1. The summed E-state index contributed by atoms with van der Waals surface area (Å²) in [5, 5.41) is 2.35. The lowest BCUT2D eigenvalue weighted by Crippen LogP contribution is -2.18. The molecule has 0 aromatic carbocycles. The molecule has 0 aliphatic heterocycles. The number of hydrogen-bond acceptors (Lipinski definition) is 6. The van der Waals surface area contributed by atoms with Crippen molar-refractivity contribution in [2.24, 2.45) is 5.84 Å². The van der Waals surface area contributed by atoms with Crippen molar-refractivity contribution < 1.29 is 9.18 Å². The number of hydrazine groups is 1. The SMILES string of the molecule is NNc1nccc(C(=O)Nc2ncccn2)c1F. The van der Waals surface area contributed by atoms with E-state index in [1.165, 1.54) is 24.7 Å². The van der Waals surface area contributed by atoms with Crippen molar-refractivity contribution in [3.05, 3.63) is 42.1 Å². The van der Waals surface area contributed by atoms with Gasteiger partial charge >= 0.3 is 0 Å². The third-order valence-electron chi connectivity index (χ3n) is 2.06. The second-order valence-corrected chi connectivity index (χ2v) is 3.19. The van der Waals surface area contributed by atoms with Gasteiger partial charge in [0.25, 0.3) is 5.91 Å². The van der Waals surface area contributed by atoms with Crippen LogP contribution in [0.25, 0.3) is 0 Å². The molecular formula is C10H9FN6O. The Balaban J connectivity index is 2.24. The zero-order valence-electron chi connectivity index (χ0n) is 9.09. The van der Waals surface area contributed by atoms with Crippen molar-refractivity contribution in [3.8, 4) is 0 Å². The lowest BCUT2D eigenvalue weighted by molar-refractivity contribution is 0.102. The largest absolute Gasteiger partial charge is 0.306 e. The average molecular weight is 248 g/mol. The second kappa shape index (κ2) is 5.15. The van der Waals surface area contributed by atoms with Crippen LogP contribution in [0.3, 0.4) is 0 Å². The minimum atomic E-state index is -0.839. The fourth-order valence-corrected chi connectivity index (χ4v) is 1.25. The Morgan fingerprint density at radius 1 is 1.22 bits per heavy atom. The maximum absolute atomic E-state index is 13.7. The number of nitrogens with two attached hydrogens (primary N) is 1. The summed E-state index contributed by atoms with van der Waals surface area (Å²) >= 11 is 0. The quantitative estimate of drug-likeness (QED) is 0.541. The number of carbonyl (C=O) groups is 1. The van der Waals surface area contributed by atoms with Gasteiger partial charge in [-0.15, -0.1) is 0 Å². The predicted octanol–water partition coefficient (Wildman–Crippen LogP) is 0.549. The first-order chi connectivity index (χ1) is 8.72. The molecule has 0 atom stereocenters. The zero-order chi connectivity index (χ0) is 13.0. The summed E-state index contributed by atoms with van der Waals surface area (Å²) in [7, 11) is 0. The fraction of sp³-hybridized carbons (Fsp3) is 0. The lowest BCUT2D eigenvalue weighted by Gasteiger charge is -2.06. The molecule has 2 heterocycles. The first-order valence-corrected chi connectivity index (χ1v) is 4.92. The van der Waals surface area contributed by atoms with E-state index in [0.717, 1.165) is 0 Å². The van der Waals surface area contributed by atoms with Gasteiger partial charge in [0.05, 0.1) is 5.56 Å². The highest BCUT2D eigenvalue weighted by Crippen LogP contribution is 2.14. The summed E-state index contributed by atoms with van der Waals surface area (Å²) < 4.78 is 13.7. The number of rotatable bonds is 3. The molecule has 2 rings (SSSR count). The first kappa shape index (κ1) is 11.9. The van der Waals surface area contributed by atoms with E-state index in [4.69, 9.17) is 5.84 Å². The molecule has 0 spiro atoms. The molecule has 2 aromatic heterocycles. The number of nitrogen functional groups attached to an aromatic ring is 1. The topological polar surface area (TPSA) is 106 Å². The van der Waals surface area contributed by atoms with Gasteiger partial charge < -0.3 is 5.43 Å². The van der Waals surface area contributed by atoms with E-state index in [1.54, 1.807) is 6.07 Å². The van der Waals surface area contributed by atoms with Crippen LogP contribution in [0, 0.1) is 5.82 Å². The number of hydrogen-bond donors (Lipinski definition) is 3. The smallest absolute Gasteiger partial charge is 0.261 e. The van der Waals surface area contributed by atoms with Gasteiger partial charge in [-0.2, -0.15) is 0 Å². The summed E-state index contributed by atoms with van der Waals surface area (Å²) in [6.45, 7) is 0. The number of nitrogens with zero attached hydrogens (tertiary/aromatic N) is 3. The van der Waals surface area contributed by atoms with E-state index in [1.807, 2.05) is 0 Å². The number of halogens is 1. The molecule has 0 fully saturated rings. The van der Waals surface area contributed by atoms with Crippen LogP contribution in [-0.4, -0.2) is 20.9 Å². The van der Waals surface area contributed by atoms with Gasteiger partial charge in [-0.3, -0.25) is 10.1 Å². The van der Waals surface area contributed by atoms with Crippen molar-refractivity contribution >= 4 is 17.7 Å². The minimum absolute atomic E-state index is 0.0842. The number of carbonyl (C=O) groups excluding carboxylic acids is 1. The van der Waals surface area contributed by atoms with Gasteiger partial charge in [-0.25, -0.2) is 25.2 Å². The maximum atomic E-state index is 13.7. The molecule has 0 aliphatic carbocycles. The van der Waals surface area contributed by atoms with Crippen LogP contribution >= 0.6 is 0 Å². The molecule has 0 radical (unpaired) electrons. The molecule has 1 amide bonds. The molecule has 0 unspecified atom stereocenters. The Hall–Kier alpha value is -2.61. The van der Waals surface area contributed by atoms with Gasteiger partial charge in [-0.05, 0) is 12.1 Å². The van der Waals surface area contributed by atoms with Crippen molar-refractivity contribution in [3.63, 3.8) is 0 Å². The number of aromatic nitrogens is 3. The highest BCUT2D eigenvalue weighted by Gasteiger charge is 2.16. The van der Waals surface area contributed by atoms with Crippen LogP contribution in [0.5, 0.6) is 0 Å². The van der Waals surface area contributed by atoms with E-state index < -0.39 is 11.7 Å². The van der Waals surface area contributed by atoms with E-state index in [9.17, 15) is 9.18 Å². The molecule has 0 saturated carbocycles. The van der Waals surface area contributed by atoms with E-state index in [-0.39, 0.29) is 17.3 Å². The monoisotopic (exact) mass is 248 g/mol. The summed E-state index contributed by atoms with van der Waals surface area (Å²) in [5.41, 5.74) is 1.85. The molecule has 7 nitrogen and oxygen atoms in total. The summed E-state index contributed by atoms with van der Waals surface area (Å²) in [5.74, 6) is 3.41. The van der Waals surface area contributed by atoms with Crippen molar-refractivity contribution in [1.82, 2.24) is 15.0 Å². The first-order valence-electron chi connectivity index (χ1n) is 4.92. The Kier molecular flexibility index (Phi) is 3.39. The average Bonchev–Trinajstić information content (AvgIpc) is 2.40. The number of amides is 1. The Morgan fingerprint density at radius 3 is 2.61 bits per heavy atom. The maximum Gasteiger partial charge on any atom is 0.261 e. The Labute approximate surface area is 101 Å². The van der Waals surface area contributed by atoms with Crippen LogP contribution in [0.1, 0.15) is 10.4 Å². The summed E-state index contributed by atoms with van der Waals surface area (Å²) in [4.78, 5) is 23.0. The molecule has 4 N–H and O–H groups in total. The molecule has 92 valence electrons. The van der Waals surface area contributed by atoms with Gasteiger partial charge in [0.2, 0.25) is 5.95 Å². The van der Waals surface area contributed by atoms with Gasteiger partial charge in [0.1, 0.15) is 0 Å². The van der Waals surface area contributed by atoms with Gasteiger partial charge in [-0.1, -0.05) is 0 Å². The molecule has 0 bridgehead atoms. The standard InChI is InChI=1S/C10H9FN6O/c11-7-6(2-5-13-8(7)17-12)9(18)16-10-14-3-1-4-15-10/h1-5H,12H2,(H,13,17)(H,14,15,16,18). The third-order valence-corrected chi connectivity index (χ3v) is 2.06. The number of pyridine rings is 1. The van der Waals surface area contributed by atoms with Crippen molar-refractivity contribution in [2.45, 2.75) is 0 Å². The minimum Gasteiger partial charge on any atom is -0.306 e. The summed E-state index contributed by atoms with van der Waals surface area (Å²) in [6, 6.07) is 2.83. The Bertz CT molecular complexity index is 562.